The standard InChI is InChI=1S/C34H21F2IO3S/c35-24-15-10-22(11-16-24)28-18-13-23-12-17-25(36)20-29(23)31(28)33(37)34(41(39,40)26-7-2-1-3-8-26)32-27-9-5-4-6-21(27)14-19-30(32)38/h1-20,38H/b34-33+. The van der Waals surface area contributed by atoms with Crippen LogP contribution in [0.5, 0.6) is 5.75 Å². The summed E-state index contributed by atoms with van der Waals surface area (Å²) in [5, 5.41) is 13.7. The lowest BCUT2D eigenvalue weighted by molar-refractivity contribution is 0.474. The van der Waals surface area contributed by atoms with Gasteiger partial charge in [0.1, 0.15) is 17.4 Å². The molecule has 0 radical (unpaired) electrons. The summed E-state index contributed by atoms with van der Waals surface area (Å²) in [7, 11) is -4.24. The van der Waals surface area contributed by atoms with E-state index in [1.165, 1.54) is 42.5 Å². The van der Waals surface area contributed by atoms with Gasteiger partial charge in [-0.1, -0.05) is 78.9 Å². The highest BCUT2D eigenvalue weighted by Gasteiger charge is 2.31. The zero-order valence-electron chi connectivity index (χ0n) is 21.4. The molecule has 0 spiro atoms. The van der Waals surface area contributed by atoms with Crippen LogP contribution >= 0.6 is 22.6 Å². The summed E-state index contributed by atoms with van der Waals surface area (Å²) in [4.78, 5) is -0.0648. The number of hydrogen-bond donors (Lipinski definition) is 1. The molecule has 0 saturated carbocycles. The van der Waals surface area contributed by atoms with Gasteiger partial charge >= 0.3 is 0 Å². The number of benzene rings is 6. The van der Waals surface area contributed by atoms with Gasteiger partial charge < -0.3 is 5.11 Å². The summed E-state index contributed by atoms with van der Waals surface area (Å²) in [6.45, 7) is 0. The Morgan fingerprint density at radius 3 is 2.00 bits per heavy atom. The fourth-order valence-corrected chi connectivity index (χ4v) is 8.38. The molecule has 7 heteroatoms. The predicted octanol–water partition coefficient (Wildman–Crippen LogP) is 9.38. The Hall–Kier alpha value is -4.08. The second-order valence-electron chi connectivity index (χ2n) is 9.50. The molecule has 41 heavy (non-hydrogen) atoms. The second-order valence-corrected chi connectivity index (χ2v) is 12.5. The van der Waals surface area contributed by atoms with E-state index in [0.717, 1.165) is 5.39 Å². The summed E-state index contributed by atoms with van der Waals surface area (Å²) in [5.74, 6) is -1.11. The largest absolute Gasteiger partial charge is 0.507 e. The molecule has 0 atom stereocenters. The van der Waals surface area contributed by atoms with Crippen molar-refractivity contribution in [2.75, 3.05) is 0 Å². The minimum atomic E-state index is -4.24. The Balaban J connectivity index is 1.82. The molecule has 0 aliphatic rings. The van der Waals surface area contributed by atoms with E-state index >= 15 is 0 Å². The van der Waals surface area contributed by atoms with Gasteiger partial charge in [-0.25, -0.2) is 17.2 Å². The van der Waals surface area contributed by atoms with E-state index in [1.807, 2.05) is 46.9 Å². The van der Waals surface area contributed by atoms with Crippen LogP contribution in [-0.2, 0) is 9.84 Å². The molecule has 202 valence electrons. The molecule has 0 saturated heterocycles. The van der Waals surface area contributed by atoms with Crippen molar-refractivity contribution in [1.82, 2.24) is 0 Å². The van der Waals surface area contributed by atoms with E-state index in [-0.39, 0.29) is 24.7 Å². The van der Waals surface area contributed by atoms with Crippen LogP contribution in [0.4, 0.5) is 8.78 Å². The van der Waals surface area contributed by atoms with E-state index in [0.29, 0.717) is 32.8 Å². The van der Waals surface area contributed by atoms with Gasteiger partial charge in [0.2, 0.25) is 9.84 Å². The highest BCUT2D eigenvalue weighted by molar-refractivity contribution is 14.1. The van der Waals surface area contributed by atoms with Crippen molar-refractivity contribution in [2.24, 2.45) is 0 Å². The Morgan fingerprint density at radius 1 is 0.634 bits per heavy atom. The van der Waals surface area contributed by atoms with Crippen LogP contribution in [0.1, 0.15) is 11.1 Å². The van der Waals surface area contributed by atoms with Gasteiger partial charge in [-0.3, -0.25) is 0 Å². The molecular weight excluding hydrogens is 653 g/mol. The highest BCUT2D eigenvalue weighted by Crippen LogP contribution is 2.48. The Morgan fingerprint density at radius 2 is 1.24 bits per heavy atom. The van der Waals surface area contributed by atoms with Gasteiger partial charge in [0.25, 0.3) is 0 Å². The van der Waals surface area contributed by atoms with Gasteiger partial charge in [0.15, 0.2) is 0 Å². The van der Waals surface area contributed by atoms with E-state index in [1.54, 1.807) is 54.6 Å². The molecule has 6 aromatic carbocycles. The van der Waals surface area contributed by atoms with Crippen molar-refractivity contribution < 1.29 is 22.3 Å². The second kappa shape index (κ2) is 10.7. The number of halogens is 3. The fraction of sp³-hybridized carbons (Fsp3) is 0. The first-order chi connectivity index (χ1) is 19.8. The smallest absolute Gasteiger partial charge is 0.208 e. The van der Waals surface area contributed by atoms with Crippen molar-refractivity contribution >= 4 is 62.5 Å². The molecule has 0 unspecified atom stereocenters. The number of rotatable bonds is 5. The Bertz CT molecular complexity index is 2090. The number of phenolic OH excluding ortho intramolecular Hbond substituents is 1. The molecule has 0 heterocycles. The van der Waals surface area contributed by atoms with Crippen molar-refractivity contribution in [3.8, 4) is 16.9 Å². The van der Waals surface area contributed by atoms with Crippen LogP contribution in [0.2, 0.25) is 0 Å². The molecule has 0 aliphatic carbocycles. The normalized spacial score (nSPS) is 12.5. The molecule has 3 nitrogen and oxygen atoms in total. The monoisotopic (exact) mass is 674 g/mol. The first-order valence-corrected chi connectivity index (χ1v) is 15.2. The first kappa shape index (κ1) is 27.1. The van der Waals surface area contributed by atoms with Crippen LogP contribution in [0, 0.1) is 11.6 Å². The lowest BCUT2D eigenvalue weighted by Crippen LogP contribution is -2.07. The van der Waals surface area contributed by atoms with Crippen molar-refractivity contribution in [3.63, 3.8) is 0 Å². The number of sulfone groups is 1. The minimum Gasteiger partial charge on any atom is -0.507 e. The first-order valence-electron chi connectivity index (χ1n) is 12.7. The number of phenols is 1. The maximum absolute atomic E-state index is 14.7. The van der Waals surface area contributed by atoms with E-state index in [9.17, 15) is 22.3 Å². The third kappa shape index (κ3) is 4.89. The average Bonchev–Trinajstić information content (AvgIpc) is 2.98. The van der Waals surface area contributed by atoms with Gasteiger partial charge in [0, 0.05) is 14.7 Å². The van der Waals surface area contributed by atoms with Gasteiger partial charge in [-0.15, -0.1) is 0 Å². The topological polar surface area (TPSA) is 54.4 Å². The number of aromatic hydroxyl groups is 1. The quantitative estimate of drug-likeness (QED) is 0.147. The van der Waals surface area contributed by atoms with Crippen molar-refractivity contribution in [3.05, 3.63) is 144 Å². The lowest BCUT2D eigenvalue weighted by Gasteiger charge is -2.20. The SMILES string of the molecule is O=S(=O)(/C(=C(/I)c1c(-c2ccc(F)cc2)ccc2ccc(F)cc12)c1c(O)ccc2ccccc12)c1ccccc1. The molecule has 0 bridgehead atoms. The zero-order valence-corrected chi connectivity index (χ0v) is 24.3. The molecule has 6 rings (SSSR count). The molecule has 0 aliphatic heterocycles. The van der Waals surface area contributed by atoms with E-state index in [2.05, 4.69) is 0 Å². The van der Waals surface area contributed by atoms with Gasteiger partial charge in [-0.05, 0) is 97.7 Å². The summed E-state index contributed by atoms with van der Waals surface area (Å²) >= 11 is 1.99. The summed E-state index contributed by atoms with van der Waals surface area (Å²) in [5.41, 5.74) is 1.82. The van der Waals surface area contributed by atoms with Crippen LogP contribution in [0.15, 0.2) is 126 Å². The minimum absolute atomic E-state index is 0.0475. The average molecular weight is 675 g/mol. The molecule has 1 N–H and O–H groups in total. The van der Waals surface area contributed by atoms with E-state index < -0.39 is 21.5 Å². The van der Waals surface area contributed by atoms with Crippen molar-refractivity contribution in [2.45, 2.75) is 4.90 Å². The van der Waals surface area contributed by atoms with Crippen LogP contribution in [0.3, 0.4) is 0 Å². The Kier molecular flexibility index (Phi) is 7.09. The molecule has 6 aromatic rings. The summed E-state index contributed by atoms with van der Waals surface area (Å²) in [6.07, 6.45) is 0. The third-order valence-electron chi connectivity index (χ3n) is 7.01. The lowest BCUT2D eigenvalue weighted by atomic mass is 9.92. The molecule has 0 fully saturated rings. The summed E-state index contributed by atoms with van der Waals surface area (Å²) in [6, 6.07) is 32.3. The molecule has 0 amide bonds. The van der Waals surface area contributed by atoms with Crippen LogP contribution < -0.4 is 0 Å². The fourth-order valence-electron chi connectivity index (χ4n) is 5.09. The highest BCUT2D eigenvalue weighted by atomic mass is 127. The van der Waals surface area contributed by atoms with Gasteiger partial charge in [0.05, 0.1) is 9.80 Å². The molecule has 0 aromatic heterocycles. The maximum atomic E-state index is 14.7. The third-order valence-corrected chi connectivity index (χ3v) is 10.3. The van der Waals surface area contributed by atoms with Gasteiger partial charge in [-0.2, -0.15) is 0 Å². The Labute approximate surface area is 249 Å². The van der Waals surface area contributed by atoms with Crippen LogP contribution in [0.25, 0.3) is 41.2 Å². The van der Waals surface area contributed by atoms with E-state index in [4.69, 9.17) is 0 Å². The predicted molar refractivity (Wildman–Crippen MR) is 169 cm³/mol. The maximum Gasteiger partial charge on any atom is 0.208 e. The summed E-state index contributed by atoms with van der Waals surface area (Å²) < 4.78 is 58.0. The number of fused-ring (bicyclic) bond motifs is 2. The molecular formula is C34H21F2IO3S. The van der Waals surface area contributed by atoms with Crippen molar-refractivity contribution in [1.29, 1.82) is 0 Å². The van der Waals surface area contributed by atoms with Crippen LogP contribution in [-0.4, -0.2) is 13.5 Å². The zero-order chi connectivity index (χ0) is 28.7. The number of hydrogen-bond acceptors (Lipinski definition) is 3.